The van der Waals surface area contributed by atoms with Crippen molar-refractivity contribution in [3.05, 3.63) is 85.1 Å². The van der Waals surface area contributed by atoms with E-state index in [-0.39, 0.29) is 38.7 Å². The van der Waals surface area contributed by atoms with E-state index in [2.05, 4.69) is 4.98 Å². The van der Waals surface area contributed by atoms with Gasteiger partial charge < -0.3 is 19.4 Å². The highest BCUT2D eigenvalue weighted by atomic mass is 35.5. The number of hydrogen-bond acceptors (Lipinski definition) is 8. The van der Waals surface area contributed by atoms with Crippen molar-refractivity contribution in [1.29, 1.82) is 0 Å². The molecule has 0 bridgehead atoms. The Balaban J connectivity index is 1.76. The van der Waals surface area contributed by atoms with Gasteiger partial charge in [0.05, 0.1) is 4.88 Å². The molecule has 3 rings (SSSR count). The highest BCUT2D eigenvalue weighted by Crippen LogP contribution is 2.34. The summed E-state index contributed by atoms with van der Waals surface area (Å²) in [6.07, 6.45) is 4.73. The van der Waals surface area contributed by atoms with E-state index in [1.165, 1.54) is 19.1 Å². The number of Topliss-reactive ketones (excluding diaryl/α,β-unsaturated/α-hetero) is 1. The Kier molecular flexibility index (Phi) is 8.90. The molecular weight excluding hydrogens is 539 g/mol. The van der Waals surface area contributed by atoms with Gasteiger partial charge in [-0.2, -0.15) is 4.98 Å². The van der Waals surface area contributed by atoms with E-state index in [4.69, 9.17) is 25.9 Å². The first kappa shape index (κ1) is 27.7. The van der Waals surface area contributed by atoms with Gasteiger partial charge in [-0.3, -0.25) is 4.79 Å². The molecule has 194 valence electrons. The Morgan fingerprint density at radius 2 is 1.89 bits per heavy atom. The van der Waals surface area contributed by atoms with Crippen LogP contribution in [0, 0.1) is 17.5 Å². The Labute approximate surface area is 215 Å². The molecule has 0 saturated heterocycles. The number of ketones is 1. The number of aromatic hydroxyl groups is 1. The molecule has 0 saturated carbocycles. The summed E-state index contributed by atoms with van der Waals surface area (Å²) in [4.78, 5) is 39.7. The molecule has 3 aromatic rings. The summed E-state index contributed by atoms with van der Waals surface area (Å²) in [7, 11) is 0. The maximum Gasteiger partial charge on any atom is 0.351 e. The molecule has 0 aliphatic carbocycles. The number of carbonyl (C=O) groups excluding carboxylic acids is 1. The molecule has 0 amide bonds. The quantitative estimate of drug-likeness (QED) is 0.137. The SMILES string of the molecule is C/C(=C\c1sc(Oc2cc(F)c(F)c(F)c2)nc1Cl)C(=O)c1c(O)cc(CCC/C=C/C(=O)O)oc1=O. The summed E-state index contributed by atoms with van der Waals surface area (Å²) in [5.74, 6) is -7.36. The minimum absolute atomic E-state index is 0.0230. The van der Waals surface area contributed by atoms with Gasteiger partial charge in [0.1, 0.15) is 22.8 Å². The summed E-state index contributed by atoms with van der Waals surface area (Å²) in [6, 6.07) is 2.38. The van der Waals surface area contributed by atoms with Crippen LogP contribution >= 0.6 is 22.9 Å². The number of hydrogen-bond donors (Lipinski definition) is 2. The molecule has 0 unspecified atom stereocenters. The predicted octanol–water partition coefficient (Wildman–Crippen LogP) is 5.91. The second kappa shape index (κ2) is 11.9. The molecule has 0 radical (unpaired) electrons. The van der Waals surface area contributed by atoms with E-state index in [0.717, 1.165) is 23.5 Å². The number of ether oxygens (including phenoxy) is 1. The lowest BCUT2D eigenvalue weighted by Gasteiger charge is -2.05. The Morgan fingerprint density at radius 3 is 2.51 bits per heavy atom. The monoisotopic (exact) mass is 555 g/mol. The Bertz CT molecular complexity index is 1460. The average Bonchev–Trinajstić information content (AvgIpc) is 3.14. The number of carboxylic acid groups (broad SMARTS) is 1. The fourth-order valence-corrected chi connectivity index (χ4v) is 4.14. The molecule has 37 heavy (non-hydrogen) atoms. The van der Waals surface area contributed by atoms with Crippen molar-refractivity contribution in [2.24, 2.45) is 0 Å². The van der Waals surface area contributed by atoms with Gasteiger partial charge in [0.25, 0.3) is 5.19 Å². The van der Waals surface area contributed by atoms with E-state index in [1.807, 2.05) is 0 Å². The molecule has 0 aliphatic rings. The third-order valence-corrected chi connectivity index (χ3v) is 6.00. The van der Waals surface area contributed by atoms with Gasteiger partial charge >= 0.3 is 11.6 Å². The number of nitrogens with zero attached hydrogens (tertiary/aromatic N) is 1. The molecule has 0 fully saturated rings. The van der Waals surface area contributed by atoms with Gasteiger partial charge in [0.15, 0.2) is 28.4 Å². The van der Waals surface area contributed by atoms with Crippen molar-refractivity contribution < 1.29 is 42.1 Å². The molecule has 2 aromatic heterocycles. The zero-order chi connectivity index (χ0) is 27.3. The maximum absolute atomic E-state index is 13.4. The second-order valence-corrected chi connectivity index (χ2v) is 8.84. The van der Waals surface area contributed by atoms with Crippen LogP contribution in [0.25, 0.3) is 6.08 Å². The number of carboxylic acids is 1. The number of aromatic nitrogens is 1. The summed E-state index contributed by atoms with van der Waals surface area (Å²) >= 11 is 6.85. The molecule has 13 heteroatoms. The lowest BCUT2D eigenvalue weighted by atomic mass is 10.0. The van der Waals surface area contributed by atoms with Crippen LogP contribution in [0.5, 0.6) is 16.7 Å². The predicted molar refractivity (Wildman–Crippen MR) is 128 cm³/mol. The zero-order valence-corrected chi connectivity index (χ0v) is 20.5. The van der Waals surface area contributed by atoms with Crippen LogP contribution < -0.4 is 10.4 Å². The third kappa shape index (κ3) is 7.08. The van der Waals surface area contributed by atoms with Crippen molar-refractivity contribution in [1.82, 2.24) is 4.98 Å². The minimum Gasteiger partial charge on any atom is -0.507 e. The maximum atomic E-state index is 13.4. The van der Waals surface area contributed by atoms with Crippen molar-refractivity contribution >= 4 is 40.8 Å². The molecule has 0 atom stereocenters. The fourth-order valence-electron chi connectivity index (χ4n) is 3.02. The molecular formula is C24H17ClF3NO7S. The molecule has 0 spiro atoms. The molecule has 8 nitrogen and oxygen atoms in total. The van der Waals surface area contributed by atoms with Gasteiger partial charge in [-0.15, -0.1) is 0 Å². The number of aliphatic carboxylic acids is 1. The van der Waals surface area contributed by atoms with Crippen molar-refractivity contribution in [2.75, 3.05) is 0 Å². The van der Waals surface area contributed by atoms with E-state index in [9.17, 15) is 32.7 Å². The number of thiazole rings is 1. The first-order valence-electron chi connectivity index (χ1n) is 10.4. The summed E-state index contributed by atoms with van der Waals surface area (Å²) < 4.78 is 50.2. The Morgan fingerprint density at radius 1 is 1.22 bits per heavy atom. The topological polar surface area (TPSA) is 127 Å². The van der Waals surface area contributed by atoms with Crippen molar-refractivity contribution in [3.63, 3.8) is 0 Å². The van der Waals surface area contributed by atoms with Gasteiger partial charge in [-0.1, -0.05) is 29.0 Å². The zero-order valence-electron chi connectivity index (χ0n) is 18.9. The summed E-state index contributed by atoms with van der Waals surface area (Å²) in [5.41, 5.74) is -1.68. The number of carbonyl (C=O) groups is 2. The third-order valence-electron chi connectivity index (χ3n) is 4.72. The lowest BCUT2D eigenvalue weighted by Crippen LogP contribution is -2.16. The van der Waals surface area contributed by atoms with Crippen LogP contribution in [0.2, 0.25) is 5.15 Å². The van der Waals surface area contributed by atoms with Crippen LogP contribution in [-0.4, -0.2) is 26.9 Å². The molecule has 0 aliphatic heterocycles. The van der Waals surface area contributed by atoms with Crippen LogP contribution in [0.1, 0.15) is 40.8 Å². The molecule has 2 N–H and O–H groups in total. The lowest BCUT2D eigenvalue weighted by molar-refractivity contribution is -0.131. The van der Waals surface area contributed by atoms with Crippen LogP contribution in [0.3, 0.4) is 0 Å². The standard InChI is InChI=1S/C24H17ClF3NO7S/c1-11(7-17-22(25)29-24(37-17)36-13-8-14(26)20(28)15(27)9-13)21(33)19-16(30)10-12(35-23(19)34)5-3-2-4-6-18(31)32/h4,6-10,30H,2-3,5H2,1H3,(H,31,32)/b6-4+,11-7+. The number of halogens is 4. The van der Waals surface area contributed by atoms with E-state index in [0.29, 0.717) is 25.0 Å². The number of allylic oxidation sites excluding steroid dienone is 2. The Hall–Kier alpha value is -3.90. The normalized spacial score (nSPS) is 11.8. The van der Waals surface area contributed by atoms with Crippen LogP contribution in [0.4, 0.5) is 13.2 Å². The minimum atomic E-state index is -1.66. The number of rotatable bonds is 10. The average molecular weight is 556 g/mol. The highest BCUT2D eigenvalue weighted by molar-refractivity contribution is 7.14. The fraction of sp³-hybridized carbons (Fsp3) is 0.167. The largest absolute Gasteiger partial charge is 0.507 e. The van der Waals surface area contributed by atoms with Crippen molar-refractivity contribution in [2.45, 2.75) is 26.2 Å². The van der Waals surface area contributed by atoms with E-state index >= 15 is 0 Å². The van der Waals surface area contributed by atoms with Crippen LogP contribution in [-0.2, 0) is 11.2 Å². The summed E-state index contributed by atoms with van der Waals surface area (Å²) in [6.45, 7) is 1.35. The van der Waals surface area contributed by atoms with Crippen LogP contribution in [0.15, 0.2) is 45.1 Å². The second-order valence-electron chi connectivity index (χ2n) is 7.49. The van der Waals surface area contributed by atoms with E-state index < -0.39 is 46.1 Å². The smallest absolute Gasteiger partial charge is 0.351 e. The van der Waals surface area contributed by atoms with Gasteiger partial charge in [0.2, 0.25) is 0 Å². The van der Waals surface area contributed by atoms with Gasteiger partial charge in [-0.25, -0.2) is 22.8 Å². The number of benzene rings is 1. The molecule has 1 aromatic carbocycles. The number of aryl methyl sites for hydroxylation is 1. The first-order valence-corrected chi connectivity index (χ1v) is 11.6. The van der Waals surface area contributed by atoms with Crippen molar-refractivity contribution in [3.8, 4) is 16.7 Å². The number of unbranched alkanes of at least 4 members (excludes halogenated alkanes) is 1. The van der Waals surface area contributed by atoms with Gasteiger partial charge in [0, 0.05) is 30.7 Å². The van der Waals surface area contributed by atoms with E-state index in [1.54, 1.807) is 0 Å². The summed E-state index contributed by atoms with van der Waals surface area (Å²) in [5, 5.41) is 18.5. The highest BCUT2D eigenvalue weighted by Gasteiger charge is 2.22. The van der Waals surface area contributed by atoms with Gasteiger partial charge in [-0.05, 0) is 31.4 Å². The first-order chi connectivity index (χ1) is 17.5. The molecule has 2 heterocycles.